The lowest BCUT2D eigenvalue weighted by atomic mass is 9.65. The third-order valence-corrected chi connectivity index (χ3v) is 4.94. The van der Waals surface area contributed by atoms with Crippen LogP contribution in [-0.2, 0) is 9.84 Å². The minimum Gasteiger partial charge on any atom is -0.229 e. The van der Waals surface area contributed by atoms with E-state index in [1.807, 2.05) is 0 Å². The number of sulfone groups is 1. The maximum atomic E-state index is 11.2. The first kappa shape index (κ1) is 7.59. The molecule has 3 atom stereocenters. The van der Waals surface area contributed by atoms with Gasteiger partial charge < -0.3 is 0 Å². The van der Waals surface area contributed by atoms with Crippen molar-refractivity contribution in [3.05, 3.63) is 0 Å². The van der Waals surface area contributed by atoms with Gasteiger partial charge in [0.1, 0.15) is 0 Å². The molecule has 11 heavy (non-hydrogen) atoms. The van der Waals surface area contributed by atoms with Gasteiger partial charge in [0.2, 0.25) is 0 Å². The van der Waals surface area contributed by atoms with Gasteiger partial charge in [0, 0.05) is 6.26 Å². The molecular weight excluding hydrogens is 160 g/mol. The summed E-state index contributed by atoms with van der Waals surface area (Å²) in [6.45, 7) is 0. The molecule has 3 rings (SSSR count). The van der Waals surface area contributed by atoms with Crippen LogP contribution in [0, 0.1) is 11.8 Å². The van der Waals surface area contributed by atoms with Gasteiger partial charge in [-0.05, 0) is 31.1 Å². The van der Waals surface area contributed by atoms with Gasteiger partial charge in [0.25, 0.3) is 0 Å². The van der Waals surface area contributed by atoms with Crippen LogP contribution < -0.4 is 0 Å². The molecule has 2 bridgehead atoms. The molecule has 0 aromatic carbocycles. The SMILES string of the molecule is CS(=O)(=O)C1[C@@H]2CCC[C@H]1C2. The molecule has 0 aliphatic heterocycles. The zero-order valence-corrected chi connectivity index (χ0v) is 7.60. The van der Waals surface area contributed by atoms with Gasteiger partial charge in [-0.1, -0.05) is 6.42 Å². The predicted octanol–water partition coefficient (Wildman–Crippen LogP) is 1.22. The van der Waals surface area contributed by atoms with E-state index in [1.54, 1.807) is 0 Å². The Labute approximate surface area is 67.9 Å². The maximum absolute atomic E-state index is 11.2. The summed E-state index contributed by atoms with van der Waals surface area (Å²) in [6, 6.07) is 0. The zero-order chi connectivity index (χ0) is 8.06. The van der Waals surface area contributed by atoms with Crippen molar-refractivity contribution in [1.29, 1.82) is 0 Å². The Kier molecular flexibility index (Phi) is 1.53. The van der Waals surface area contributed by atoms with Crippen LogP contribution in [0.1, 0.15) is 25.7 Å². The van der Waals surface area contributed by atoms with E-state index in [1.165, 1.54) is 19.1 Å². The number of hydrogen-bond acceptors (Lipinski definition) is 2. The third-order valence-electron chi connectivity index (χ3n) is 3.18. The third kappa shape index (κ3) is 1.10. The lowest BCUT2D eigenvalue weighted by Gasteiger charge is -2.48. The van der Waals surface area contributed by atoms with Gasteiger partial charge in [-0.15, -0.1) is 0 Å². The molecule has 0 aromatic rings. The van der Waals surface area contributed by atoms with Gasteiger partial charge >= 0.3 is 0 Å². The van der Waals surface area contributed by atoms with Crippen molar-refractivity contribution in [3.8, 4) is 0 Å². The van der Waals surface area contributed by atoms with Crippen molar-refractivity contribution in [3.63, 3.8) is 0 Å². The van der Waals surface area contributed by atoms with Crippen LogP contribution in [-0.4, -0.2) is 19.9 Å². The number of fused-ring (bicyclic) bond motifs is 2. The monoisotopic (exact) mass is 174 g/mol. The van der Waals surface area contributed by atoms with E-state index in [0.717, 1.165) is 12.8 Å². The van der Waals surface area contributed by atoms with E-state index in [0.29, 0.717) is 11.8 Å². The van der Waals surface area contributed by atoms with Gasteiger partial charge in [0.05, 0.1) is 5.25 Å². The molecule has 2 nitrogen and oxygen atoms in total. The highest BCUT2D eigenvalue weighted by atomic mass is 32.2. The van der Waals surface area contributed by atoms with Crippen LogP contribution >= 0.6 is 0 Å². The van der Waals surface area contributed by atoms with Crippen LogP contribution in [0.25, 0.3) is 0 Å². The first-order chi connectivity index (χ1) is 5.09. The summed E-state index contributed by atoms with van der Waals surface area (Å²) in [5.41, 5.74) is 0. The molecule has 0 spiro atoms. The van der Waals surface area contributed by atoms with Crippen LogP contribution in [0.3, 0.4) is 0 Å². The topological polar surface area (TPSA) is 34.1 Å². The first-order valence-electron chi connectivity index (χ1n) is 4.28. The number of rotatable bonds is 1. The number of hydrogen-bond donors (Lipinski definition) is 0. The van der Waals surface area contributed by atoms with Crippen molar-refractivity contribution in [2.24, 2.45) is 11.8 Å². The van der Waals surface area contributed by atoms with Crippen molar-refractivity contribution >= 4 is 9.84 Å². The van der Waals surface area contributed by atoms with E-state index in [-0.39, 0.29) is 5.25 Å². The highest BCUT2D eigenvalue weighted by molar-refractivity contribution is 7.91. The Morgan fingerprint density at radius 3 is 2.00 bits per heavy atom. The summed E-state index contributed by atoms with van der Waals surface area (Å²) in [7, 11) is -2.73. The molecule has 3 heteroatoms. The Hall–Kier alpha value is -0.0500. The Morgan fingerprint density at radius 1 is 1.18 bits per heavy atom. The van der Waals surface area contributed by atoms with E-state index in [2.05, 4.69) is 0 Å². The van der Waals surface area contributed by atoms with Gasteiger partial charge in [-0.3, -0.25) is 0 Å². The summed E-state index contributed by atoms with van der Waals surface area (Å²) in [4.78, 5) is 0. The summed E-state index contributed by atoms with van der Waals surface area (Å²) in [5.74, 6) is 1.03. The minimum absolute atomic E-state index is 0.0382. The molecular formula is C8H14O2S. The molecule has 0 aromatic heterocycles. The smallest absolute Gasteiger partial charge is 0.150 e. The molecule has 0 saturated heterocycles. The Bertz CT molecular complexity index is 241. The molecule has 3 aliphatic carbocycles. The average molecular weight is 174 g/mol. The lowest BCUT2D eigenvalue weighted by molar-refractivity contribution is 0.122. The average Bonchev–Trinajstić information content (AvgIpc) is 1.85. The van der Waals surface area contributed by atoms with Crippen LogP contribution in [0.4, 0.5) is 0 Å². The quantitative estimate of drug-likeness (QED) is 0.599. The van der Waals surface area contributed by atoms with Crippen LogP contribution in [0.2, 0.25) is 0 Å². The molecule has 1 unspecified atom stereocenters. The summed E-state index contributed by atoms with van der Waals surface area (Å²) < 4.78 is 22.5. The lowest BCUT2D eigenvalue weighted by Crippen LogP contribution is -2.49. The fraction of sp³-hybridized carbons (Fsp3) is 1.00. The molecule has 3 saturated carbocycles. The molecule has 0 heterocycles. The predicted molar refractivity (Wildman–Crippen MR) is 44.1 cm³/mol. The van der Waals surface area contributed by atoms with E-state index >= 15 is 0 Å². The largest absolute Gasteiger partial charge is 0.229 e. The van der Waals surface area contributed by atoms with Crippen LogP contribution in [0.5, 0.6) is 0 Å². The fourth-order valence-electron chi connectivity index (χ4n) is 2.75. The van der Waals surface area contributed by atoms with E-state index < -0.39 is 9.84 Å². The normalized spacial score (nSPS) is 43.2. The second-order valence-corrected chi connectivity index (χ2v) is 6.18. The second kappa shape index (κ2) is 2.22. The molecule has 64 valence electrons. The van der Waals surface area contributed by atoms with Crippen molar-refractivity contribution in [2.75, 3.05) is 6.26 Å². The fourth-order valence-corrected chi connectivity index (χ4v) is 4.64. The highest BCUT2D eigenvalue weighted by Crippen LogP contribution is 2.48. The van der Waals surface area contributed by atoms with Gasteiger partial charge in [-0.2, -0.15) is 0 Å². The van der Waals surface area contributed by atoms with E-state index in [4.69, 9.17) is 0 Å². The van der Waals surface area contributed by atoms with E-state index in [9.17, 15) is 8.42 Å². The molecule has 3 aliphatic rings. The standard InChI is InChI=1S/C8H14O2S/c1-11(9,10)8-6-3-2-4-7(8)5-6/h6-8H,2-5H2,1H3/t6-,7+,8?. The first-order valence-corrected chi connectivity index (χ1v) is 6.23. The molecule has 3 fully saturated rings. The Balaban J connectivity index is 2.19. The Morgan fingerprint density at radius 2 is 1.73 bits per heavy atom. The second-order valence-electron chi connectivity index (χ2n) is 3.98. The van der Waals surface area contributed by atoms with Crippen molar-refractivity contribution in [1.82, 2.24) is 0 Å². The minimum atomic E-state index is -2.73. The summed E-state index contributed by atoms with van der Waals surface area (Å²) >= 11 is 0. The molecule has 0 amide bonds. The molecule has 0 N–H and O–H groups in total. The molecule has 0 radical (unpaired) electrons. The van der Waals surface area contributed by atoms with Crippen LogP contribution in [0.15, 0.2) is 0 Å². The zero-order valence-electron chi connectivity index (χ0n) is 6.79. The maximum Gasteiger partial charge on any atom is 0.150 e. The summed E-state index contributed by atoms with van der Waals surface area (Å²) in [5, 5.41) is 0.0382. The van der Waals surface area contributed by atoms with Gasteiger partial charge in [0.15, 0.2) is 9.84 Å². The summed E-state index contributed by atoms with van der Waals surface area (Å²) in [6.07, 6.45) is 6.11. The highest BCUT2D eigenvalue weighted by Gasteiger charge is 2.48. The van der Waals surface area contributed by atoms with Gasteiger partial charge in [-0.25, -0.2) is 8.42 Å². The van der Waals surface area contributed by atoms with Crippen molar-refractivity contribution in [2.45, 2.75) is 30.9 Å². The van der Waals surface area contributed by atoms with Crippen molar-refractivity contribution < 1.29 is 8.42 Å².